The molecule has 1 aromatic heterocycles. The molecule has 1 heterocycles. The maximum atomic E-state index is 12.1. The molecule has 0 atom stereocenters. The van der Waals surface area contributed by atoms with Crippen molar-refractivity contribution in [3.8, 4) is 0 Å². The van der Waals surface area contributed by atoms with E-state index in [1.54, 1.807) is 41.2 Å². The lowest BCUT2D eigenvalue weighted by Crippen LogP contribution is -2.17. The first-order valence-corrected chi connectivity index (χ1v) is 8.19. The van der Waals surface area contributed by atoms with E-state index >= 15 is 0 Å². The molecule has 2 aromatic rings. The minimum absolute atomic E-state index is 0.300. The van der Waals surface area contributed by atoms with Crippen LogP contribution in [-0.4, -0.2) is 30.4 Å². The summed E-state index contributed by atoms with van der Waals surface area (Å²) in [5, 5.41) is 6.74. The number of nitrogens with one attached hydrogen (secondary N) is 2. The van der Waals surface area contributed by atoms with E-state index in [1.165, 1.54) is 0 Å². The number of carbonyl (C=O) groups is 1. The van der Waals surface area contributed by atoms with Gasteiger partial charge in [-0.1, -0.05) is 6.07 Å². The normalized spacial score (nSPS) is 11.1. The van der Waals surface area contributed by atoms with Crippen molar-refractivity contribution >= 4 is 27.3 Å². The number of amides is 1. The lowest BCUT2D eigenvalue weighted by Gasteiger charge is -2.09. The third-order valence-corrected chi connectivity index (χ3v) is 3.28. The van der Waals surface area contributed by atoms with Crippen LogP contribution in [0.4, 0.5) is 11.4 Å². The van der Waals surface area contributed by atoms with E-state index in [4.69, 9.17) is 0 Å². The predicted molar refractivity (Wildman–Crippen MR) is 80.8 cm³/mol. The molecule has 1 aromatic carbocycles. The van der Waals surface area contributed by atoms with Crippen molar-refractivity contribution in [1.82, 2.24) is 9.78 Å². The Morgan fingerprint density at radius 1 is 1.29 bits per heavy atom. The molecule has 21 heavy (non-hydrogen) atoms. The van der Waals surface area contributed by atoms with Gasteiger partial charge in [-0.25, -0.2) is 8.42 Å². The molecule has 0 aliphatic rings. The van der Waals surface area contributed by atoms with E-state index in [-0.39, 0.29) is 5.91 Å². The van der Waals surface area contributed by atoms with Crippen LogP contribution in [0.15, 0.2) is 36.5 Å². The lowest BCUT2D eigenvalue weighted by atomic mass is 10.2. The molecule has 2 N–H and O–H groups in total. The summed E-state index contributed by atoms with van der Waals surface area (Å²) >= 11 is 0. The SMILES string of the molecule is CCn1nccc1C(=O)Nc1cccc(NS(C)(=O)=O)c1. The zero-order valence-corrected chi connectivity index (χ0v) is 12.5. The standard InChI is InChI=1S/C13H16N4O3S/c1-3-17-12(7-8-14-17)13(18)15-10-5-4-6-11(9-10)16-21(2,19)20/h4-9,16H,3H2,1-2H3,(H,15,18). The number of aryl methyl sites for hydroxylation is 1. The third-order valence-electron chi connectivity index (χ3n) is 2.67. The molecule has 1 amide bonds. The van der Waals surface area contributed by atoms with Crippen LogP contribution in [-0.2, 0) is 16.6 Å². The topological polar surface area (TPSA) is 93.1 Å². The molecule has 0 unspecified atom stereocenters. The summed E-state index contributed by atoms with van der Waals surface area (Å²) in [4.78, 5) is 12.1. The summed E-state index contributed by atoms with van der Waals surface area (Å²) in [7, 11) is -3.35. The molecule has 0 bridgehead atoms. The number of rotatable bonds is 5. The molecule has 0 aliphatic heterocycles. The molecule has 7 nitrogen and oxygen atoms in total. The maximum absolute atomic E-state index is 12.1. The number of benzene rings is 1. The number of hydrogen-bond acceptors (Lipinski definition) is 4. The Balaban J connectivity index is 2.16. The third kappa shape index (κ3) is 4.06. The molecule has 0 spiro atoms. The van der Waals surface area contributed by atoms with Gasteiger partial charge < -0.3 is 5.32 Å². The summed E-state index contributed by atoms with van der Waals surface area (Å²) in [5.74, 6) is -0.300. The van der Waals surface area contributed by atoms with E-state index in [1.807, 2.05) is 6.92 Å². The Kier molecular flexibility index (Phi) is 4.27. The Morgan fingerprint density at radius 3 is 2.67 bits per heavy atom. The number of hydrogen-bond donors (Lipinski definition) is 2. The number of sulfonamides is 1. The van der Waals surface area contributed by atoms with E-state index in [9.17, 15) is 13.2 Å². The maximum Gasteiger partial charge on any atom is 0.273 e. The van der Waals surface area contributed by atoms with E-state index < -0.39 is 10.0 Å². The minimum atomic E-state index is -3.35. The molecule has 0 saturated heterocycles. The van der Waals surface area contributed by atoms with Crippen molar-refractivity contribution in [1.29, 1.82) is 0 Å². The number of nitrogens with zero attached hydrogens (tertiary/aromatic N) is 2. The first kappa shape index (κ1) is 15.0. The number of anilines is 2. The lowest BCUT2D eigenvalue weighted by molar-refractivity contribution is 0.101. The Labute approximate surface area is 123 Å². The quantitative estimate of drug-likeness (QED) is 0.876. The molecule has 8 heteroatoms. The van der Waals surface area contributed by atoms with Crippen molar-refractivity contribution in [2.24, 2.45) is 0 Å². The first-order valence-electron chi connectivity index (χ1n) is 6.30. The summed E-state index contributed by atoms with van der Waals surface area (Å²) in [5.41, 5.74) is 1.33. The highest BCUT2D eigenvalue weighted by atomic mass is 32.2. The molecular formula is C13H16N4O3S. The fourth-order valence-electron chi connectivity index (χ4n) is 1.85. The average Bonchev–Trinajstić information content (AvgIpc) is 2.85. The second kappa shape index (κ2) is 5.96. The van der Waals surface area contributed by atoms with Gasteiger partial charge in [0.1, 0.15) is 5.69 Å². The van der Waals surface area contributed by atoms with Crippen LogP contribution in [0.3, 0.4) is 0 Å². The van der Waals surface area contributed by atoms with Crippen LogP contribution in [0.2, 0.25) is 0 Å². The predicted octanol–water partition coefficient (Wildman–Crippen LogP) is 1.53. The summed E-state index contributed by atoms with van der Waals surface area (Å²) in [6.07, 6.45) is 2.62. The van der Waals surface area contributed by atoms with Gasteiger partial charge in [-0.05, 0) is 31.2 Å². The van der Waals surface area contributed by atoms with Gasteiger partial charge in [0.05, 0.1) is 11.9 Å². The van der Waals surface area contributed by atoms with Gasteiger partial charge in [-0.2, -0.15) is 5.10 Å². The van der Waals surface area contributed by atoms with Gasteiger partial charge in [-0.3, -0.25) is 14.2 Å². The summed E-state index contributed by atoms with van der Waals surface area (Å²) in [6.45, 7) is 2.48. The van der Waals surface area contributed by atoms with Crippen LogP contribution < -0.4 is 10.0 Å². The Hall–Kier alpha value is -2.35. The number of carbonyl (C=O) groups excluding carboxylic acids is 1. The minimum Gasteiger partial charge on any atom is -0.321 e. The molecular weight excluding hydrogens is 292 g/mol. The van der Waals surface area contributed by atoms with E-state index in [0.717, 1.165) is 6.26 Å². The van der Waals surface area contributed by atoms with Crippen molar-refractivity contribution in [3.63, 3.8) is 0 Å². The molecule has 112 valence electrons. The van der Waals surface area contributed by atoms with Crippen LogP contribution in [0.5, 0.6) is 0 Å². The molecule has 0 fully saturated rings. The fraction of sp³-hybridized carbons (Fsp3) is 0.231. The van der Waals surface area contributed by atoms with Crippen molar-refractivity contribution in [3.05, 3.63) is 42.2 Å². The molecule has 0 radical (unpaired) electrons. The highest BCUT2D eigenvalue weighted by molar-refractivity contribution is 7.92. The highest BCUT2D eigenvalue weighted by Gasteiger charge is 2.11. The molecule has 2 rings (SSSR count). The fourth-order valence-corrected chi connectivity index (χ4v) is 2.40. The monoisotopic (exact) mass is 308 g/mol. The van der Waals surface area contributed by atoms with Crippen LogP contribution in [0, 0.1) is 0 Å². The second-order valence-electron chi connectivity index (χ2n) is 4.44. The zero-order chi connectivity index (χ0) is 15.5. The Morgan fingerprint density at radius 2 is 2.00 bits per heavy atom. The van der Waals surface area contributed by atoms with Gasteiger partial charge in [0, 0.05) is 18.4 Å². The smallest absolute Gasteiger partial charge is 0.273 e. The largest absolute Gasteiger partial charge is 0.321 e. The molecule has 0 saturated carbocycles. The van der Waals surface area contributed by atoms with Gasteiger partial charge in [0.15, 0.2) is 0 Å². The van der Waals surface area contributed by atoms with Crippen molar-refractivity contribution in [2.45, 2.75) is 13.5 Å². The summed E-state index contributed by atoms with van der Waals surface area (Å²) < 4.78 is 26.3. The zero-order valence-electron chi connectivity index (χ0n) is 11.7. The van der Waals surface area contributed by atoms with Gasteiger partial charge in [0.2, 0.25) is 10.0 Å². The van der Waals surface area contributed by atoms with E-state index in [0.29, 0.717) is 23.6 Å². The average molecular weight is 308 g/mol. The number of aromatic nitrogens is 2. The van der Waals surface area contributed by atoms with Gasteiger partial charge in [0.25, 0.3) is 5.91 Å². The molecule has 0 aliphatic carbocycles. The van der Waals surface area contributed by atoms with Gasteiger partial charge >= 0.3 is 0 Å². The van der Waals surface area contributed by atoms with Crippen molar-refractivity contribution in [2.75, 3.05) is 16.3 Å². The first-order chi connectivity index (χ1) is 9.89. The Bertz CT molecular complexity index is 752. The second-order valence-corrected chi connectivity index (χ2v) is 6.19. The summed E-state index contributed by atoms with van der Waals surface area (Å²) in [6, 6.07) is 8.11. The van der Waals surface area contributed by atoms with Crippen LogP contribution >= 0.6 is 0 Å². The van der Waals surface area contributed by atoms with Crippen LogP contribution in [0.1, 0.15) is 17.4 Å². The van der Waals surface area contributed by atoms with E-state index in [2.05, 4.69) is 15.1 Å². The van der Waals surface area contributed by atoms with Crippen LogP contribution in [0.25, 0.3) is 0 Å². The van der Waals surface area contributed by atoms with Crippen molar-refractivity contribution < 1.29 is 13.2 Å². The highest BCUT2D eigenvalue weighted by Crippen LogP contribution is 2.17. The van der Waals surface area contributed by atoms with Gasteiger partial charge in [-0.15, -0.1) is 0 Å².